The third-order valence-electron chi connectivity index (χ3n) is 17.8. The second kappa shape index (κ2) is 28.4. The van der Waals surface area contributed by atoms with Crippen LogP contribution in [0.2, 0.25) is 0 Å². The fraction of sp³-hybridized carbons (Fsp3) is 0.234. The Kier molecular flexibility index (Phi) is 20.8. The SMILES string of the molecule is CCN(CC)c1ccc(C(=O)c2ccccc2C(=O)Cc2c(C)cc(C)c(N=C3C=CC(=C(c4ccc(Nc5c(C)cc(C)c(CC(=O)c6ccccc6C(=O)c6ccc(N(CC)CC)cc6O)c5C)c(C)c4)c4ccc(S(=O)(=O)O)cc4S(=O)(=O)O)C=C3C)c2C)c(O)c1. The van der Waals surface area contributed by atoms with Crippen molar-refractivity contribution in [3.8, 4) is 11.5 Å². The maximum Gasteiger partial charge on any atom is 0.295 e. The highest BCUT2D eigenvalue weighted by Gasteiger charge is 2.29. The molecule has 0 saturated carbocycles. The van der Waals surface area contributed by atoms with E-state index in [-0.39, 0.29) is 80.4 Å². The third-order valence-corrected chi connectivity index (χ3v) is 19.6. The summed E-state index contributed by atoms with van der Waals surface area (Å²) in [4.78, 5) is 64.8. The fourth-order valence-corrected chi connectivity index (χ4v) is 14.0. The summed E-state index contributed by atoms with van der Waals surface area (Å²) >= 11 is 0. The smallest absolute Gasteiger partial charge is 0.295 e. The number of benzene rings is 8. The maximum absolute atomic E-state index is 14.4. The quantitative estimate of drug-likeness (QED) is 0.0295. The number of aryl methyl sites for hydroxylation is 5. The molecular weight excluding hydrogens is 1240 g/mol. The molecule has 8 aromatic carbocycles. The molecule has 18 heteroatoms. The van der Waals surface area contributed by atoms with E-state index in [0.29, 0.717) is 77.2 Å². The number of allylic oxidation sites excluding steroid dienone is 5. The average molecular weight is 1320 g/mol. The largest absolute Gasteiger partial charge is 0.507 e. The van der Waals surface area contributed by atoms with E-state index in [0.717, 1.165) is 62.1 Å². The van der Waals surface area contributed by atoms with Crippen molar-refractivity contribution in [2.45, 2.75) is 106 Å². The Balaban J connectivity index is 1.05. The van der Waals surface area contributed by atoms with Crippen LogP contribution in [0, 0.1) is 48.5 Å². The zero-order valence-electron chi connectivity index (χ0n) is 55.4. The van der Waals surface area contributed by atoms with Crippen LogP contribution in [0.15, 0.2) is 178 Å². The summed E-state index contributed by atoms with van der Waals surface area (Å²) < 4.78 is 72.5. The highest BCUT2D eigenvalue weighted by atomic mass is 32.2. The number of nitrogens with one attached hydrogen (secondary N) is 1. The first kappa shape index (κ1) is 69.5. The molecule has 0 heterocycles. The van der Waals surface area contributed by atoms with E-state index in [1.165, 1.54) is 6.07 Å². The summed E-state index contributed by atoms with van der Waals surface area (Å²) in [5, 5.41) is 25.7. The van der Waals surface area contributed by atoms with Crippen LogP contribution in [0.4, 0.5) is 28.4 Å². The number of ketones is 4. The van der Waals surface area contributed by atoms with Gasteiger partial charge in [0, 0.05) is 102 Å². The minimum absolute atomic E-state index is 0.0494. The molecule has 0 aliphatic heterocycles. The van der Waals surface area contributed by atoms with Crippen molar-refractivity contribution in [3.05, 3.63) is 257 Å². The second-order valence-corrected chi connectivity index (χ2v) is 26.7. The van der Waals surface area contributed by atoms with Gasteiger partial charge in [-0.2, -0.15) is 16.8 Å². The van der Waals surface area contributed by atoms with Gasteiger partial charge in [-0.15, -0.1) is 0 Å². The van der Waals surface area contributed by atoms with E-state index in [4.69, 9.17) is 4.99 Å². The first-order valence-electron chi connectivity index (χ1n) is 31.4. The fourth-order valence-electron chi connectivity index (χ4n) is 12.7. The van der Waals surface area contributed by atoms with Crippen molar-refractivity contribution < 1.29 is 55.3 Å². The molecule has 1 aliphatic rings. The standard InChI is InChI=1S/C77H78N4O12S2/c1-13-80(14-2)54-27-30-61(68(82)39-54)76(86)59-23-19-17-21-57(59)70(84)42-64-44(5)35-48(9)74(50(64)11)78-66-33-25-52(37-46(66)7)73(63-32-29-56(94(88,89)90)41-72(63)95(91,92)93)53-26-34-67(47(8)38-53)79-75-49(10)36-45(6)65(51(75)12)43-71(85)58-22-18-20-24-60(58)77(87)62-31-28-55(40-69(62)83)81(15-3)16-4/h17-41,78,82-83H,13-16,42-43H2,1-12H3,(H,88,89,90)(H,91,92,93). The van der Waals surface area contributed by atoms with Crippen LogP contribution in [0.1, 0.15) is 148 Å². The number of carbonyl (C=O) groups is 4. The Hall–Kier alpha value is -9.85. The Morgan fingerprint density at radius 1 is 0.484 bits per heavy atom. The highest BCUT2D eigenvalue weighted by molar-refractivity contribution is 7.86. The predicted molar refractivity (Wildman–Crippen MR) is 377 cm³/mol. The Labute approximate surface area is 556 Å². The number of nitrogens with zero attached hydrogens (tertiary/aromatic N) is 3. The molecule has 0 saturated heterocycles. The molecule has 0 atom stereocenters. The van der Waals surface area contributed by atoms with E-state index in [2.05, 4.69) is 5.32 Å². The Morgan fingerprint density at radius 2 is 0.968 bits per heavy atom. The lowest BCUT2D eigenvalue weighted by Gasteiger charge is -2.22. The number of anilines is 4. The minimum atomic E-state index is -5.17. The van der Waals surface area contributed by atoms with Gasteiger partial charge in [-0.3, -0.25) is 28.3 Å². The molecule has 9 rings (SSSR count). The lowest BCUT2D eigenvalue weighted by atomic mass is 9.87. The highest BCUT2D eigenvalue weighted by Crippen LogP contribution is 2.41. The van der Waals surface area contributed by atoms with Crippen LogP contribution in [-0.4, -0.2) is 91.2 Å². The zero-order chi connectivity index (χ0) is 69.1. The summed E-state index contributed by atoms with van der Waals surface area (Å²) in [5.41, 5.74) is 13.7. The van der Waals surface area contributed by atoms with Gasteiger partial charge in [0.2, 0.25) is 0 Å². The van der Waals surface area contributed by atoms with Gasteiger partial charge in [-0.05, 0) is 216 Å². The van der Waals surface area contributed by atoms with Crippen molar-refractivity contribution in [3.63, 3.8) is 0 Å². The number of Topliss-reactive ketones (excluding diaryl/α,β-unsaturated/α-hetero) is 2. The summed E-state index contributed by atoms with van der Waals surface area (Å²) in [6.45, 7) is 26.0. The van der Waals surface area contributed by atoms with Crippen molar-refractivity contribution in [1.29, 1.82) is 0 Å². The number of aromatic hydroxyl groups is 2. The van der Waals surface area contributed by atoms with Crippen molar-refractivity contribution in [2.75, 3.05) is 41.3 Å². The molecule has 8 aromatic rings. The van der Waals surface area contributed by atoms with Crippen LogP contribution >= 0.6 is 0 Å². The van der Waals surface area contributed by atoms with Gasteiger partial charge in [-0.1, -0.05) is 78.9 Å². The summed E-state index contributed by atoms with van der Waals surface area (Å²) in [7, 11) is -10.1. The topological polar surface area (TPSA) is 248 Å². The molecule has 0 spiro atoms. The van der Waals surface area contributed by atoms with E-state index in [9.17, 15) is 55.3 Å². The number of hydrogen-bond acceptors (Lipinski definition) is 14. The number of phenolic OH excluding ortho intramolecular Hbond substituents is 2. The molecule has 95 heavy (non-hydrogen) atoms. The molecular formula is C77H78N4O12S2. The van der Waals surface area contributed by atoms with E-state index in [1.54, 1.807) is 115 Å². The molecule has 0 radical (unpaired) electrons. The van der Waals surface area contributed by atoms with Crippen molar-refractivity contribution in [1.82, 2.24) is 0 Å². The lowest BCUT2D eigenvalue weighted by molar-refractivity contribution is 0.0973. The molecule has 0 amide bonds. The van der Waals surface area contributed by atoms with Crippen molar-refractivity contribution in [2.24, 2.45) is 4.99 Å². The third kappa shape index (κ3) is 14.6. The first-order chi connectivity index (χ1) is 45.0. The van der Waals surface area contributed by atoms with Gasteiger partial charge in [0.1, 0.15) is 16.4 Å². The number of carbonyl (C=O) groups excluding carboxylic acids is 4. The monoisotopic (exact) mass is 1310 g/mol. The number of phenols is 2. The van der Waals surface area contributed by atoms with Crippen LogP contribution in [0.5, 0.6) is 11.5 Å². The summed E-state index contributed by atoms with van der Waals surface area (Å²) in [5.74, 6) is -1.95. The summed E-state index contributed by atoms with van der Waals surface area (Å²) in [6.07, 6.45) is 5.15. The van der Waals surface area contributed by atoms with Gasteiger partial charge in [0.25, 0.3) is 20.2 Å². The van der Waals surface area contributed by atoms with Gasteiger partial charge < -0.3 is 25.3 Å². The van der Waals surface area contributed by atoms with Crippen LogP contribution in [0.3, 0.4) is 0 Å². The normalized spacial score (nSPS) is 13.4. The molecule has 0 unspecified atom stereocenters. The van der Waals surface area contributed by atoms with Gasteiger partial charge >= 0.3 is 0 Å². The number of rotatable bonds is 23. The van der Waals surface area contributed by atoms with E-state index >= 15 is 0 Å². The molecule has 5 N–H and O–H groups in total. The van der Waals surface area contributed by atoms with E-state index in [1.807, 2.05) is 111 Å². The zero-order valence-corrected chi connectivity index (χ0v) is 57.0. The van der Waals surface area contributed by atoms with E-state index < -0.39 is 41.6 Å². The average Bonchev–Trinajstić information content (AvgIpc) is 0.769. The molecule has 1 aliphatic carbocycles. The first-order valence-corrected chi connectivity index (χ1v) is 34.2. The minimum Gasteiger partial charge on any atom is -0.507 e. The van der Waals surface area contributed by atoms with Gasteiger partial charge in [0.05, 0.1) is 27.4 Å². The van der Waals surface area contributed by atoms with Gasteiger partial charge in [-0.25, -0.2) is 4.99 Å². The molecule has 0 aromatic heterocycles. The molecule has 16 nitrogen and oxygen atoms in total. The second-order valence-electron chi connectivity index (χ2n) is 23.9. The number of hydrogen-bond donors (Lipinski definition) is 5. The van der Waals surface area contributed by atoms with Crippen molar-refractivity contribution >= 4 is 83.1 Å². The predicted octanol–water partition coefficient (Wildman–Crippen LogP) is 15.6. The summed E-state index contributed by atoms with van der Waals surface area (Å²) in [6, 6.07) is 35.2. The van der Waals surface area contributed by atoms with Crippen LogP contribution in [-0.2, 0) is 33.1 Å². The molecule has 0 fully saturated rings. The maximum atomic E-state index is 14.4. The van der Waals surface area contributed by atoms with Crippen LogP contribution < -0.4 is 15.1 Å². The number of aliphatic imine (C=N–C) groups is 1. The van der Waals surface area contributed by atoms with Crippen LogP contribution in [0.25, 0.3) is 5.57 Å². The Morgan fingerprint density at radius 3 is 1.43 bits per heavy atom. The molecule has 0 bridgehead atoms. The van der Waals surface area contributed by atoms with Gasteiger partial charge in [0.15, 0.2) is 23.1 Å². The Bertz CT molecular complexity index is 4840. The molecule has 490 valence electrons. The lowest BCUT2D eigenvalue weighted by Crippen LogP contribution is -2.21.